The third-order valence-corrected chi connectivity index (χ3v) is 4.98. The van der Waals surface area contributed by atoms with E-state index in [4.69, 9.17) is 0 Å². The number of nitrogens with zero attached hydrogens (tertiary/aromatic N) is 1. The number of amides is 1. The second-order valence-corrected chi connectivity index (χ2v) is 6.85. The lowest BCUT2D eigenvalue weighted by atomic mass is 9.97. The van der Waals surface area contributed by atoms with Crippen LogP contribution in [0.1, 0.15) is 50.5 Å². The molecule has 4 nitrogen and oxygen atoms in total. The van der Waals surface area contributed by atoms with Gasteiger partial charge in [-0.3, -0.25) is 4.79 Å². The molecule has 1 heterocycles. The van der Waals surface area contributed by atoms with Gasteiger partial charge in [-0.05, 0) is 56.4 Å². The summed E-state index contributed by atoms with van der Waals surface area (Å²) in [6.45, 7) is 4.27. The Balaban J connectivity index is 1.63. The molecule has 0 radical (unpaired) electrons. The van der Waals surface area contributed by atoms with Crippen molar-refractivity contribution in [2.75, 3.05) is 23.3 Å². The number of aryl methyl sites for hydroxylation is 1. The minimum absolute atomic E-state index is 0.0820. The summed E-state index contributed by atoms with van der Waals surface area (Å²) in [7, 11) is 0. The Labute approximate surface area is 132 Å². The van der Waals surface area contributed by atoms with E-state index in [-0.39, 0.29) is 12.3 Å². The zero-order chi connectivity index (χ0) is 15.6. The average molecular weight is 302 g/mol. The van der Waals surface area contributed by atoms with Gasteiger partial charge in [0.15, 0.2) is 0 Å². The molecule has 2 fully saturated rings. The van der Waals surface area contributed by atoms with Crippen molar-refractivity contribution in [1.82, 2.24) is 0 Å². The molecule has 0 atom stereocenters. The zero-order valence-corrected chi connectivity index (χ0v) is 13.4. The summed E-state index contributed by atoms with van der Waals surface area (Å²) in [6.07, 6.45) is 6.26. The number of benzene rings is 1. The van der Waals surface area contributed by atoms with E-state index >= 15 is 0 Å². The molecule has 0 unspecified atom stereocenters. The van der Waals surface area contributed by atoms with Gasteiger partial charge >= 0.3 is 0 Å². The predicted octanol–water partition coefficient (Wildman–Crippen LogP) is 3.23. The maximum atomic E-state index is 12.2. The standard InChI is InChI=1S/C18H26N2O2/c1-14-12-15(20-10-4-5-11-20)6-7-16(14)19-17(21)13-18(22)8-2-3-9-18/h6-7,12,22H,2-5,8-11,13H2,1H3,(H,19,21). The minimum atomic E-state index is -0.784. The van der Waals surface area contributed by atoms with Crippen LogP contribution in [-0.2, 0) is 4.79 Å². The van der Waals surface area contributed by atoms with Crippen LogP contribution in [0.4, 0.5) is 11.4 Å². The van der Waals surface area contributed by atoms with Crippen molar-refractivity contribution in [1.29, 1.82) is 0 Å². The Kier molecular flexibility index (Phi) is 4.39. The molecule has 22 heavy (non-hydrogen) atoms. The monoisotopic (exact) mass is 302 g/mol. The summed E-state index contributed by atoms with van der Waals surface area (Å²) >= 11 is 0. The average Bonchev–Trinajstić information content (AvgIpc) is 3.12. The molecule has 4 heteroatoms. The second kappa shape index (κ2) is 6.29. The molecule has 0 aromatic heterocycles. The van der Waals surface area contributed by atoms with Crippen molar-refractivity contribution in [2.45, 2.75) is 57.5 Å². The van der Waals surface area contributed by atoms with Gasteiger partial charge in [0.1, 0.15) is 0 Å². The van der Waals surface area contributed by atoms with Gasteiger partial charge in [-0.1, -0.05) is 12.8 Å². The Hall–Kier alpha value is -1.55. The first kappa shape index (κ1) is 15.3. The number of aliphatic hydroxyl groups is 1. The van der Waals surface area contributed by atoms with Gasteiger partial charge in [0.05, 0.1) is 12.0 Å². The van der Waals surface area contributed by atoms with Crippen LogP contribution in [0.2, 0.25) is 0 Å². The molecule has 1 aliphatic heterocycles. The van der Waals surface area contributed by atoms with E-state index in [1.807, 2.05) is 13.0 Å². The molecule has 1 amide bonds. The summed E-state index contributed by atoms with van der Waals surface area (Å²) in [6, 6.07) is 6.21. The lowest BCUT2D eigenvalue weighted by Crippen LogP contribution is -2.30. The number of rotatable bonds is 4. The molecule has 3 rings (SSSR count). The fourth-order valence-corrected chi connectivity index (χ4v) is 3.66. The molecule has 1 saturated heterocycles. The van der Waals surface area contributed by atoms with Crippen molar-refractivity contribution >= 4 is 17.3 Å². The molecule has 0 bridgehead atoms. The predicted molar refractivity (Wildman–Crippen MR) is 89.3 cm³/mol. The summed E-state index contributed by atoms with van der Waals surface area (Å²) in [5.41, 5.74) is 2.39. The number of hydrogen-bond acceptors (Lipinski definition) is 3. The van der Waals surface area contributed by atoms with Crippen LogP contribution < -0.4 is 10.2 Å². The highest BCUT2D eigenvalue weighted by Crippen LogP contribution is 2.33. The molecular weight excluding hydrogens is 276 g/mol. The van der Waals surface area contributed by atoms with Gasteiger partial charge < -0.3 is 15.3 Å². The first-order valence-corrected chi connectivity index (χ1v) is 8.44. The van der Waals surface area contributed by atoms with Crippen LogP contribution in [0, 0.1) is 6.92 Å². The van der Waals surface area contributed by atoms with Gasteiger partial charge in [0, 0.05) is 24.5 Å². The first-order valence-electron chi connectivity index (χ1n) is 8.44. The fourth-order valence-electron chi connectivity index (χ4n) is 3.66. The summed E-state index contributed by atoms with van der Waals surface area (Å²) in [5.74, 6) is -0.0820. The quantitative estimate of drug-likeness (QED) is 0.898. The van der Waals surface area contributed by atoms with Gasteiger partial charge in [-0.2, -0.15) is 0 Å². The molecule has 1 aromatic carbocycles. The third-order valence-electron chi connectivity index (χ3n) is 4.98. The molecule has 120 valence electrons. The van der Waals surface area contributed by atoms with E-state index in [1.165, 1.54) is 18.5 Å². The zero-order valence-electron chi connectivity index (χ0n) is 13.4. The number of carbonyl (C=O) groups excluding carboxylic acids is 1. The smallest absolute Gasteiger partial charge is 0.227 e. The number of anilines is 2. The van der Waals surface area contributed by atoms with Gasteiger partial charge in [-0.25, -0.2) is 0 Å². The molecule has 1 saturated carbocycles. The molecule has 2 N–H and O–H groups in total. The highest BCUT2D eigenvalue weighted by Gasteiger charge is 2.33. The van der Waals surface area contributed by atoms with Gasteiger partial charge in [-0.15, -0.1) is 0 Å². The van der Waals surface area contributed by atoms with E-state index < -0.39 is 5.60 Å². The van der Waals surface area contributed by atoms with E-state index in [9.17, 15) is 9.90 Å². The first-order chi connectivity index (χ1) is 10.6. The number of nitrogens with one attached hydrogen (secondary N) is 1. The number of carbonyl (C=O) groups is 1. The lowest BCUT2D eigenvalue weighted by Gasteiger charge is -2.22. The second-order valence-electron chi connectivity index (χ2n) is 6.85. The lowest BCUT2D eigenvalue weighted by molar-refractivity contribution is -0.120. The highest BCUT2D eigenvalue weighted by molar-refractivity contribution is 5.92. The van der Waals surface area contributed by atoms with Crippen LogP contribution in [-0.4, -0.2) is 29.7 Å². The van der Waals surface area contributed by atoms with E-state index in [2.05, 4.69) is 22.3 Å². The van der Waals surface area contributed by atoms with Crippen LogP contribution in [0.5, 0.6) is 0 Å². The largest absolute Gasteiger partial charge is 0.389 e. The SMILES string of the molecule is Cc1cc(N2CCCC2)ccc1NC(=O)CC1(O)CCCC1. The molecular formula is C18H26N2O2. The Morgan fingerprint density at radius 3 is 2.55 bits per heavy atom. The van der Waals surface area contributed by atoms with Gasteiger partial charge in [0.2, 0.25) is 5.91 Å². The molecule has 2 aliphatic rings. The van der Waals surface area contributed by atoms with Crippen molar-refractivity contribution < 1.29 is 9.90 Å². The Morgan fingerprint density at radius 2 is 1.91 bits per heavy atom. The van der Waals surface area contributed by atoms with Crippen LogP contribution in [0.15, 0.2) is 18.2 Å². The van der Waals surface area contributed by atoms with Crippen molar-refractivity contribution in [3.05, 3.63) is 23.8 Å². The maximum Gasteiger partial charge on any atom is 0.227 e. The van der Waals surface area contributed by atoms with Crippen molar-refractivity contribution in [3.8, 4) is 0 Å². The van der Waals surface area contributed by atoms with Crippen molar-refractivity contribution in [3.63, 3.8) is 0 Å². The van der Waals surface area contributed by atoms with E-state index in [0.717, 1.165) is 50.0 Å². The number of hydrogen-bond donors (Lipinski definition) is 2. The molecule has 0 spiro atoms. The topological polar surface area (TPSA) is 52.6 Å². The maximum absolute atomic E-state index is 12.2. The summed E-state index contributed by atoms with van der Waals surface area (Å²) in [4.78, 5) is 14.6. The van der Waals surface area contributed by atoms with Gasteiger partial charge in [0.25, 0.3) is 0 Å². The minimum Gasteiger partial charge on any atom is -0.389 e. The third kappa shape index (κ3) is 3.43. The normalized spacial score (nSPS) is 20.4. The van der Waals surface area contributed by atoms with E-state index in [0.29, 0.717) is 0 Å². The van der Waals surface area contributed by atoms with Crippen LogP contribution in [0.3, 0.4) is 0 Å². The highest BCUT2D eigenvalue weighted by atomic mass is 16.3. The fraction of sp³-hybridized carbons (Fsp3) is 0.611. The van der Waals surface area contributed by atoms with Crippen LogP contribution in [0.25, 0.3) is 0 Å². The van der Waals surface area contributed by atoms with Crippen molar-refractivity contribution in [2.24, 2.45) is 0 Å². The van der Waals surface area contributed by atoms with Crippen LogP contribution >= 0.6 is 0 Å². The Bertz CT molecular complexity index is 544. The van der Waals surface area contributed by atoms with E-state index in [1.54, 1.807) is 0 Å². The summed E-state index contributed by atoms with van der Waals surface area (Å²) < 4.78 is 0. The molecule has 1 aromatic rings. The summed E-state index contributed by atoms with van der Waals surface area (Å²) in [5, 5.41) is 13.3. The molecule has 1 aliphatic carbocycles. The Morgan fingerprint density at radius 1 is 1.23 bits per heavy atom.